The number of nitrogens with zero attached hydrogens (tertiary/aromatic N) is 3. The fourth-order valence-electron chi connectivity index (χ4n) is 5.29. The number of nitrogens with two attached hydrogens (primary N) is 1. The van der Waals surface area contributed by atoms with Crippen molar-refractivity contribution in [2.24, 2.45) is 5.73 Å². The summed E-state index contributed by atoms with van der Waals surface area (Å²) in [5.41, 5.74) is 7.94. The highest BCUT2D eigenvalue weighted by atomic mass is 19.4. The average molecular weight is 565 g/mol. The van der Waals surface area contributed by atoms with Gasteiger partial charge in [-0.15, -0.1) is 0 Å². The molecule has 214 valence electrons. The fraction of sp³-hybridized carbons (Fsp3) is 0.323. The smallest absolute Gasteiger partial charge is 0.416 e. The first-order chi connectivity index (χ1) is 19.7. The molecule has 1 amide bonds. The van der Waals surface area contributed by atoms with E-state index in [1.807, 2.05) is 24.3 Å². The summed E-state index contributed by atoms with van der Waals surface area (Å²) in [6.07, 6.45) is -1.07. The van der Waals surface area contributed by atoms with Crippen molar-refractivity contribution in [2.45, 2.75) is 38.0 Å². The number of methoxy groups -OCH3 is 1. The van der Waals surface area contributed by atoms with Gasteiger partial charge in [-0.25, -0.2) is 9.97 Å². The Morgan fingerprint density at radius 2 is 1.63 bits per heavy atom. The molecule has 1 aliphatic rings. The Morgan fingerprint density at radius 3 is 2.20 bits per heavy atom. The van der Waals surface area contributed by atoms with E-state index in [0.29, 0.717) is 33.8 Å². The second-order valence-electron chi connectivity index (χ2n) is 10.1. The van der Waals surface area contributed by atoms with E-state index in [1.165, 1.54) is 18.5 Å². The number of piperidine rings is 1. The van der Waals surface area contributed by atoms with Gasteiger partial charge in [-0.2, -0.15) is 13.2 Å². The topological polar surface area (TPSA) is 90.6 Å². The molecule has 1 fully saturated rings. The van der Waals surface area contributed by atoms with Gasteiger partial charge in [-0.05, 0) is 48.7 Å². The molecule has 7 nitrogen and oxygen atoms in total. The van der Waals surface area contributed by atoms with Crippen molar-refractivity contribution in [3.05, 3.63) is 83.7 Å². The number of fused-ring (bicyclic) bond motifs is 1. The third-order valence-electron chi connectivity index (χ3n) is 7.57. The molecule has 1 aliphatic heterocycles. The molecule has 0 aliphatic carbocycles. The van der Waals surface area contributed by atoms with Crippen LogP contribution in [0.2, 0.25) is 0 Å². The number of aromatic nitrogens is 2. The predicted molar refractivity (Wildman–Crippen MR) is 150 cm³/mol. The van der Waals surface area contributed by atoms with Crippen LogP contribution in [-0.2, 0) is 11.0 Å². The Kier molecular flexibility index (Phi) is 8.12. The summed E-state index contributed by atoms with van der Waals surface area (Å²) < 4.78 is 51.0. The first-order valence-electron chi connectivity index (χ1n) is 13.5. The molecule has 0 radical (unpaired) electrons. The molecule has 1 unspecified atom stereocenters. The van der Waals surface area contributed by atoms with E-state index in [0.717, 1.165) is 55.6 Å². The molecule has 0 spiro atoms. The van der Waals surface area contributed by atoms with Crippen molar-refractivity contribution in [3.8, 4) is 22.8 Å². The van der Waals surface area contributed by atoms with Crippen LogP contribution in [0.25, 0.3) is 22.2 Å². The van der Waals surface area contributed by atoms with E-state index in [4.69, 9.17) is 15.2 Å². The fourth-order valence-corrected chi connectivity index (χ4v) is 5.29. The molecule has 0 bridgehead atoms. The molecule has 5 rings (SSSR count). The number of hydrogen-bond acceptors (Lipinski definition) is 6. The number of ether oxygens (including phenoxy) is 2. The lowest BCUT2D eigenvalue weighted by atomic mass is 9.89. The zero-order chi connectivity index (χ0) is 29.1. The Bertz CT molecular complexity index is 1520. The second kappa shape index (κ2) is 11.7. The van der Waals surface area contributed by atoms with Crippen molar-refractivity contribution >= 4 is 16.8 Å². The minimum absolute atomic E-state index is 0.0763. The Balaban J connectivity index is 1.45. The largest absolute Gasteiger partial charge is 0.493 e. The minimum atomic E-state index is -4.47. The monoisotopic (exact) mass is 564 g/mol. The number of carbonyl (C=O) groups is 1. The molecule has 1 atom stereocenters. The summed E-state index contributed by atoms with van der Waals surface area (Å²) in [4.78, 5) is 23.7. The van der Waals surface area contributed by atoms with Crippen LogP contribution < -0.4 is 15.2 Å². The number of halogens is 3. The summed E-state index contributed by atoms with van der Waals surface area (Å²) in [6, 6.07) is 15.3. The first kappa shape index (κ1) is 28.4. The summed E-state index contributed by atoms with van der Waals surface area (Å²) in [5.74, 6) is -0.351. The normalized spacial score (nSPS) is 15.5. The minimum Gasteiger partial charge on any atom is -0.493 e. The first-order valence-corrected chi connectivity index (χ1v) is 13.5. The Labute approximate surface area is 236 Å². The molecule has 10 heteroatoms. The molecule has 4 aromatic rings. The summed E-state index contributed by atoms with van der Waals surface area (Å²) in [5, 5.41) is 0.774. The molecule has 2 N–H and O–H groups in total. The number of carbonyl (C=O) groups excluding carboxylic acids is 1. The summed E-state index contributed by atoms with van der Waals surface area (Å²) >= 11 is 0. The van der Waals surface area contributed by atoms with Crippen LogP contribution >= 0.6 is 0 Å². The van der Waals surface area contributed by atoms with Gasteiger partial charge in [-0.3, -0.25) is 4.79 Å². The lowest BCUT2D eigenvalue weighted by Gasteiger charge is -2.31. The number of benzene rings is 3. The lowest BCUT2D eigenvalue weighted by Crippen LogP contribution is -2.38. The van der Waals surface area contributed by atoms with Gasteiger partial charge in [-0.1, -0.05) is 43.3 Å². The molecule has 41 heavy (non-hydrogen) atoms. The predicted octanol–water partition coefficient (Wildman–Crippen LogP) is 5.80. The SMILES string of the molecule is CCN1CCC(Oc2cc3c(-c4ccc(C(C(N)=O)c5ccc(C(F)(F)F)cc5)cc4)ncnc3cc2OC)CC1. The summed E-state index contributed by atoms with van der Waals surface area (Å²) in [6.45, 7) is 5.15. The van der Waals surface area contributed by atoms with Gasteiger partial charge in [0.2, 0.25) is 5.91 Å². The van der Waals surface area contributed by atoms with Crippen LogP contribution in [0.3, 0.4) is 0 Å². The van der Waals surface area contributed by atoms with Gasteiger partial charge in [0.25, 0.3) is 0 Å². The molecule has 1 saturated heterocycles. The van der Waals surface area contributed by atoms with E-state index in [-0.39, 0.29) is 6.10 Å². The van der Waals surface area contributed by atoms with Crippen LogP contribution in [0.5, 0.6) is 11.5 Å². The zero-order valence-corrected chi connectivity index (χ0v) is 22.8. The summed E-state index contributed by atoms with van der Waals surface area (Å²) in [7, 11) is 1.60. The third-order valence-corrected chi connectivity index (χ3v) is 7.57. The van der Waals surface area contributed by atoms with Crippen LogP contribution in [0.15, 0.2) is 67.0 Å². The highest BCUT2D eigenvalue weighted by Crippen LogP contribution is 2.37. The van der Waals surface area contributed by atoms with Gasteiger partial charge in [0, 0.05) is 30.1 Å². The van der Waals surface area contributed by atoms with Gasteiger partial charge < -0.3 is 20.1 Å². The van der Waals surface area contributed by atoms with Crippen molar-refractivity contribution in [2.75, 3.05) is 26.7 Å². The van der Waals surface area contributed by atoms with Crippen LogP contribution in [0.4, 0.5) is 13.2 Å². The number of amides is 1. The maximum absolute atomic E-state index is 13.0. The van der Waals surface area contributed by atoms with Crippen molar-refractivity contribution in [1.29, 1.82) is 0 Å². The Hall–Kier alpha value is -4.18. The van der Waals surface area contributed by atoms with E-state index in [2.05, 4.69) is 21.8 Å². The number of primary amides is 1. The standard InChI is InChI=1S/C31H31F3N4O3/c1-3-38-14-12-23(13-15-38)41-27-16-24-25(17-26(27)40-2)36-18-37-29(24)21-6-4-19(5-7-21)28(30(35)39)20-8-10-22(11-9-20)31(32,33)34/h4-11,16-18,23,28H,3,12-15H2,1-2H3,(H2,35,39). The average Bonchev–Trinajstić information content (AvgIpc) is 2.97. The molecule has 0 saturated carbocycles. The zero-order valence-electron chi connectivity index (χ0n) is 22.8. The highest BCUT2D eigenvalue weighted by Gasteiger charge is 2.31. The van der Waals surface area contributed by atoms with Crippen molar-refractivity contribution in [3.63, 3.8) is 0 Å². The second-order valence-corrected chi connectivity index (χ2v) is 10.1. The third kappa shape index (κ3) is 6.12. The van der Waals surface area contributed by atoms with E-state index in [1.54, 1.807) is 19.2 Å². The number of rotatable bonds is 8. The van der Waals surface area contributed by atoms with Gasteiger partial charge in [0.05, 0.1) is 29.8 Å². The molecular formula is C31H31F3N4O3. The maximum atomic E-state index is 13.0. The number of alkyl halides is 3. The molecule has 3 aromatic carbocycles. The van der Waals surface area contributed by atoms with Gasteiger partial charge in [0.1, 0.15) is 12.4 Å². The quantitative estimate of drug-likeness (QED) is 0.291. The van der Waals surface area contributed by atoms with Gasteiger partial charge >= 0.3 is 6.18 Å². The molecule has 1 aromatic heterocycles. The van der Waals surface area contributed by atoms with Crippen LogP contribution in [0, 0.1) is 0 Å². The highest BCUT2D eigenvalue weighted by molar-refractivity contribution is 5.94. The van der Waals surface area contributed by atoms with E-state index >= 15 is 0 Å². The van der Waals surface area contributed by atoms with E-state index in [9.17, 15) is 18.0 Å². The molecule has 2 heterocycles. The van der Waals surface area contributed by atoms with Crippen LogP contribution in [-0.4, -0.2) is 53.6 Å². The van der Waals surface area contributed by atoms with Gasteiger partial charge in [0.15, 0.2) is 11.5 Å². The number of hydrogen-bond donors (Lipinski definition) is 1. The van der Waals surface area contributed by atoms with Crippen LogP contribution in [0.1, 0.15) is 42.4 Å². The molecular weight excluding hydrogens is 533 g/mol. The van der Waals surface area contributed by atoms with Crippen molar-refractivity contribution in [1.82, 2.24) is 14.9 Å². The number of likely N-dealkylation sites (tertiary alicyclic amines) is 1. The maximum Gasteiger partial charge on any atom is 0.416 e. The van der Waals surface area contributed by atoms with Crippen molar-refractivity contribution < 1.29 is 27.4 Å². The van der Waals surface area contributed by atoms with E-state index < -0.39 is 23.6 Å². The Morgan fingerprint density at radius 1 is 1.00 bits per heavy atom. The lowest BCUT2D eigenvalue weighted by molar-refractivity contribution is -0.137.